The third-order valence-corrected chi connectivity index (χ3v) is 9.00. The second-order valence-corrected chi connectivity index (χ2v) is 12.4. The molecular weight excluding hydrogens is 705 g/mol. The highest BCUT2D eigenvalue weighted by molar-refractivity contribution is 5.96. The number of allylic oxidation sites excluding steroid dienone is 14. The number of nitrogens with zero attached hydrogens (tertiary/aromatic N) is 7. The Bertz CT molecular complexity index is 2360. The van der Waals surface area contributed by atoms with E-state index in [-0.39, 0.29) is 51.8 Å². The van der Waals surface area contributed by atoms with E-state index in [2.05, 4.69) is 27.8 Å². The van der Waals surface area contributed by atoms with Crippen LogP contribution in [0, 0.1) is 64.2 Å². The summed E-state index contributed by atoms with van der Waals surface area (Å²) in [6, 6.07) is 21.0. The lowest BCUT2D eigenvalue weighted by atomic mass is 9.93. The molecule has 4 rings (SSSR count). The zero-order chi connectivity index (χ0) is 40.6. The molecule has 1 aliphatic heterocycles. The van der Waals surface area contributed by atoms with Crippen molar-refractivity contribution < 1.29 is 19.4 Å². The molecule has 0 radical (unpaired) electrons. The van der Waals surface area contributed by atoms with Crippen LogP contribution in [0.15, 0.2) is 124 Å². The van der Waals surface area contributed by atoms with Crippen LogP contribution < -0.4 is 0 Å². The molecule has 0 saturated carbocycles. The SMILES string of the molecule is [C-]#[N+]/C(C#N)=C(/C(C#N)=C/C=C/C1=C(N2CCN(C(=O)OCC)CC2)C(=C/C=C/C(C#N)=C(/C(=C=N)C#N)c2ccc(C(=O)O)cc2)CC1)c1ccc(C)cc1. The molecule has 0 spiro atoms. The summed E-state index contributed by atoms with van der Waals surface area (Å²) in [6.07, 6.45) is 11.1. The van der Waals surface area contributed by atoms with Crippen LogP contribution in [0.4, 0.5) is 4.79 Å². The van der Waals surface area contributed by atoms with Gasteiger partial charge in [-0.1, -0.05) is 66.3 Å². The lowest BCUT2D eigenvalue weighted by Crippen LogP contribution is -2.48. The van der Waals surface area contributed by atoms with E-state index in [1.54, 1.807) is 42.2 Å². The molecule has 0 unspecified atom stereocenters. The predicted octanol–water partition coefficient (Wildman–Crippen LogP) is 7.83. The van der Waals surface area contributed by atoms with Gasteiger partial charge in [0.05, 0.1) is 48.1 Å². The third-order valence-electron chi connectivity index (χ3n) is 9.00. The molecule has 2 aromatic rings. The van der Waals surface area contributed by atoms with Gasteiger partial charge < -0.3 is 19.6 Å². The number of hydrogen-bond donors (Lipinski definition) is 2. The zero-order valence-corrected chi connectivity index (χ0v) is 30.8. The van der Waals surface area contributed by atoms with E-state index in [0.717, 1.165) is 22.4 Å². The number of hydrogen-bond acceptors (Lipinski definition) is 9. The van der Waals surface area contributed by atoms with E-state index in [0.29, 0.717) is 50.1 Å². The van der Waals surface area contributed by atoms with Crippen molar-refractivity contribution in [1.29, 1.82) is 26.5 Å². The van der Waals surface area contributed by atoms with Crippen molar-refractivity contribution in [3.8, 4) is 24.3 Å². The summed E-state index contributed by atoms with van der Waals surface area (Å²) in [5.74, 6) is 0.955. The molecular formula is C44H36N8O4. The van der Waals surface area contributed by atoms with Crippen molar-refractivity contribution >= 4 is 29.1 Å². The summed E-state index contributed by atoms with van der Waals surface area (Å²) in [7, 11) is 0. The molecule has 1 amide bonds. The Hall–Kier alpha value is -7.94. The summed E-state index contributed by atoms with van der Waals surface area (Å²) in [5.41, 5.74) is 4.96. The van der Waals surface area contributed by atoms with E-state index >= 15 is 0 Å². The molecule has 1 aliphatic carbocycles. The number of ether oxygens (including phenoxy) is 1. The number of amides is 1. The van der Waals surface area contributed by atoms with Crippen molar-refractivity contribution in [3.05, 3.63) is 158 Å². The van der Waals surface area contributed by atoms with Crippen LogP contribution in [0.5, 0.6) is 0 Å². The van der Waals surface area contributed by atoms with Gasteiger partial charge in [-0.3, -0.25) is 5.41 Å². The number of rotatable bonds is 11. The molecule has 0 atom stereocenters. The monoisotopic (exact) mass is 740 g/mol. The molecule has 12 nitrogen and oxygen atoms in total. The van der Waals surface area contributed by atoms with E-state index in [1.807, 2.05) is 43.3 Å². The Balaban J connectivity index is 1.79. The fraction of sp³-hybridized carbons (Fsp3) is 0.205. The summed E-state index contributed by atoms with van der Waals surface area (Å²) >= 11 is 0. The largest absolute Gasteiger partial charge is 0.478 e. The number of nitriles is 4. The van der Waals surface area contributed by atoms with Crippen LogP contribution in [0.1, 0.15) is 46.8 Å². The van der Waals surface area contributed by atoms with Gasteiger partial charge in [0.15, 0.2) is 0 Å². The first-order chi connectivity index (χ1) is 27.1. The Morgan fingerprint density at radius 3 is 2.09 bits per heavy atom. The van der Waals surface area contributed by atoms with Gasteiger partial charge in [0.25, 0.3) is 5.70 Å². The number of piperazine rings is 1. The van der Waals surface area contributed by atoms with Gasteiger partial charge in [-0.2, -0.15) is 15.8 Å². The van der Waals surface area contributed by atoms with Gasteiger partial charge in [0.1, 0.15) is 11.6 Å². The number of aromatic carboxylic acids is 1. The molecule has 1 heterocycles. The van der Waals surface area contributed by atoms with Gasteiger partial charge in [-0.15, -0.1) is 0 Å². The van der Waals surface area contributed by atoms with Crippen LogP contribution in [0.2, 0.25) is 0 Å². The Morgan fingerprint density at radius 1 is 0.893 bits per heavy atom. The summed E-state index contributed by atoms with van der Waals surface area (Å²) in [5, 5.41) is 56.8. The molecule has 0 bridgehead atoms. The summed E-state index contributed by atoms with van der Waals surface area (Å²) in [6.45, 7) is 13.4. The quantitative estimate of drug-likeness (QED) is 0.0999. The highest BCUT2D eigenvalue weighted by atomic mass is 16.6. The minimum atomic E-state index is -1.13. The Morgan fingerprint density at radius 2 is 1.54 bits per heavy atom. The Labute approximate surface area is 325 Å². The first-order valence-corrected chi connectivity index (χ1v) is 17.5. The highest BCUT2D eigenvalue weighted by Crippen LogP contribution is 2.36. The van der Waals surface area contributed by atoms with Crippen LogP contribution in [-0.4, -0.2) is 65.6 Å². The van der Waals surface area contributed by atoms with Gasteiger partial charge in [-0.25, -0.2) is 19.7 Å². The molecule has 2 aliphatic rings. The average molecular weight is 741 g/mol. The van der Waals surface area contributed by atoms with Crippen molar-refractivity contribution in [1.82, 2.24) is 9.80 Å². The number of benzene rings is 2. The topological polar surface area (TPSA) is 193 Å². The van der Waals surface area contributed by atoms with Gasteiger partial charge >= 0.3 is 12.1 Å². The average Bonchev–Trinajstić information content (AvgIpc) is 3.62. The number of nitrogens with one attached hydrogen (secondary N) is 1. The lowest BCUT2D eigenvalue weighted by Gasteiger charge is -2.37. The van der Waals surface area contributed by atoms with E-state index in [1.165, 1.54) is 30.3 Å². The number of carboxylic acids is 1. The summed E-state index contributed by atoms with van der Waals surface area (Å²) < 4.78 is 5.20. The third kappa shape index (κ3) is 9.73. The molecule has 276 valence electrons. The fourth-order valence-corrected chi connectivity index (χ4v) is 6.28. The van der Waals surface area contributed by atoms with Gasteiger partial charge in [-0.05, 0) is 79.1 Å². The fourth-order valence-electron chi connectivity index (χ4n) is 6.28. The maximum absolute atomic E-state index is 12.5. The molecule has 1 fully saturated rings. The zero-order valence-electron chi connectivity index (χ0n) is 30.8. The van der Waals surface area contributed by atoms with Crippen molar-refractivity contribution in [2.45, 2.75) is 26.7 Å². The van der Waals surface area contributed by atoms with Crippen LogP contribution >= 0.6 is 0 Å². The predicted molar refractivity (Wildman–Crippen MR) is 210 cm³/mol. The molecule has 2 N–H and O–H groups in total. The van der Waals surface area contributed by atoms with Gasteiger partial charge in [0.2, 0.25) is 0 Å². The minimum Gasteiger partial charge on any atom is -0.478 e. The van der Waals surface area contributed by atoms with E-state index in [9.17, 15) is 35.7 Å². The minimum absolute atomic E-state index is 0.0236. The molecule has 1 saturated heterocycles. The normalized spacial score (nSPS) is 15.9. The maximum Gasteiger partial charge on any atom is 0.409 e. The second-order valence-electron chi connectivity index (χ2n) is 12.4. The molecule has 56 heavy (non-hydrogen) atoms. The Kier molecular flexibility index (Phi) is 14.4. The van der Waals surface area contributed by atoms with E-state index in [4.69, 9.17) is 16.7 Å². The van der Waals surface area contributed by atoms with E-state index < -0.39 is 5.97 Å². The standard InChI is InChI=1S/C44H36N8O4/c1-4-56-44(55)52-23-21-51(22-24-52)42-33(7-5-9-36(25-45)40(38(27-47)28-48)31-15-19-35(20-16-31)43(53)54)17-18-34(42)8-6-10-37(26-46)41(39(29-49)50-3)32-13-11-30(2)12-14-32/h5-16,19-20,47H,4,17-18,21-24H2,1-2H3,(H,53,54)/b8-6+,9-5+,33-7?,37-10+,40-36-,41-39+. The lowest BCUT2D eigenvalue weighted by molar-refractivity contribution is 0.0696. The first-order valence-electron chi connectivity index (χ1n) is 17.5. The summed E-state index contributed by atoms with van der Waals surface area (Å²) in [4.78, 5) is 31.1. The highest BCUT2D eigenvalue weighted by Gasteiger charge is 2.28. The molecule has 12 heteroatoms. The van der Waals surface area contributed by atoms with Gasteiger partial charge in [0, 0.05) is 43.0 Å². The smallest absolute Gasteiger partial charge is 0.409 e. The number of aryl methyl sites for hydroxylation is 1. The van der Waals surface area contributed by atoms with Crippen molar-refractivity contribution in [3.63, 3.8) is 0 Å². The van der Waals surface area contributed by atoms with Crippen LogP contribution in [0.25, 0.3) is 16.0 Å². The second kappa shape index (κ2) is 19.8. The molecule has 0 aromatic heterocycles. The maximum atomic E-state index is 12.5. The number of carbonyl (C=O) groups excluding carboxylic acids is 1. The van der Waals surface area contributed by atoms with Crippen LogP contribution in [-0.2, 0) is 4.74 Å². The van der Waals surface area contributed by atoms with Crippen LogP contribution in [0.3, 0.4) is 0 Å². The van der Waals surface area contributed by atoms with Crippen molar-refractivity contribution in [2.75, 3.05) is 32.8 Å². The first kappa shape index (κ1) is 40.8. The van der Waals surface area contributed by atoms with Crippen molar-refractivity contribution in [2.24, 2.45) is 0 Å². The molecule has 2 aromatic carbocycles. The number of carbonyl (C=O) groups is 2. The number of carboxylic acid groups (broad SMARTS) is 1.